The van der Waals surface area contributed by atoms with Crippen molar-refractivity contribution >= 4 is 5.97 Å². The predicted octanol–water partition coefficient (Wildman–Crippen LogP) is 3.32. The van der Waals surface area contributed by atoms with E-state index >= 15 is 0 Å². The summed E-state index contributed by atoms with van der Waals surface area (Å²) in [4.78, 5) is 14.0. The number of aliphatic carboxylic acids is 1. The van der Waals surface area contributed by atoms with E-state index in [1.54, 1.807) is 0 Å². The van der Waals surface area contributed by atoms with Crippen molar-refractivity contribution in [2.24, 2.45) is 11.8 Å². The van der Waals surface area contributed by atoms with Gasteiger partial charge in [-0.25, -0.2) is 0 Å². The first kappa shape index (κ1) is 14.6. The average molecular weight is 287 g/mol. The van der Waals surface area contributed by atoms with Gasteiger partial charge in [-0.3, -0.25) is 9.69 Å². The summed E-state index contributed by atoms with van der Waals surface area (Å²) in [7, 11) is 0. The monoisotopic (exact) mass is 287 g/mol. The molecule has 21 heavy (non-hydrogen) atoms. The second-order valence-corrected chi connectivity index (χ2v) is 7.07. The van der Waals surface area contributed by atoms with Crippen LogP contribution in [0.3, 0.4) is 0 Å². The Morgan fingerprint density at radius 3 is 2.33 bits per heavy atom. The maximum atomic E-state index is 11.7. The molecule has 1 aliphatic heterocycles. The molecule has 0 bridgehead atoms. The number of fused-ring (bicyclic) bond motifs is 1. The molecule has 1 aromatic carbocycles. The largest absolute Gasteiger partial charge is 0.480 e. The number of carboxylic acid groups (broad SMARTS) is 1. The molecule has 2 aliphatic rings. The molecule has 1 fully saturated rings. The van der Waals surface area contributed by atoms with Crippen molar-refractivity contribution < 1.29 is 9.90 Å². The van der Waals surface area contributed by atoms with Gasteiger partial charge < -0.3 is 5.11 Å². The molecule has 1 aromatic rings. The zero-order valence-electron chi connectivity index (χ0n) is 13.0. The van der Waals surface area contributed by atoms with E-state index in [0.717, 1.165) is 19.4 Å². The van der Waals surface area contributed by atoms with Crippen molar-refractivity contribution in [2.75, 3.05) is 0 Å². The van der Waals surface area contributed by atoms with Crippen molar-refractivity contribution in [3.63, 3.8) is 0 Å². The van der Waals surface area contributed by atoms with Gasteiger partial charge in [0.2, 0.25) is 0 Å². The lowest BCUT2D eigenvalue weighted by molar-refractivity contribution is -0.145. The summed E-state index contributed by atoms with van der Waals surface area (Å²) in [6.07, 6.45) is 4.19. The number of nitrogens with zero attached hydrogens (tertiary/aromatic N) is 1. The summed E-state index contributed by atoms with van der Waals surface area (Å²) in [6.45, 7) is 5.39. The number of hydrogen-bond acceptors (Lipinski definition) is 2. The quantitative estimate of drug-likeness (QED) is 0.907. The fraction of sp³-hybridized carbons (Fsp3) is 0.611. The molecular formula is C18H25NO2. The van der Waals surface area contributed by atoms with E-state index in [9.17, 15) is 9.90 Å². The topological polar surface area (TPSA) is 40.5 Å². The van der Waals surface area contributed by atoms with Crippen LogP contribution in [0.25, 0.3) is 0 Å². The van der Waals surface area contributed by atoms with Crippen LogP contribution in [0.1, 0.15) is 44.2 Å². The van der Waals surface area contributed by atoms with E-state index < -0.39 is 5.97 Å². The Kier molecular flexibility index (Phi) is 4.03. The van der Waals surface area contributed by atoms with Crippen LogP contribution in [0.15, 0.2) is 24.3 Å². The molecule has 0 spiro atoms. The third-order valence-electron chi connectivity index (χ3n) is 5.19. The van der Waals surface area contributed by atoms with Crippen LogP contribution in [0.2, 0.25) is 0 Å². The van der Waals surface area contributed by atoms with Gasteiger partial charge in [0.05, 0.1) is 0 Å². The highest BCUT2D eigenvalue weighted by Crippen LogP contribution is 2.35. The van der Waals surface area contributed by atoms with Crippen molar-refractivity contribution in [1.82, 2.24) is 4.90 Å². The van der Waals surface area contributed by atoms with Gasteiger partial charge in [-0.1, -0.05) is 38.1 Å². The summed E-state index contributed by atoms with van der Waals surface area (Å²) >= 11 is 0. The van der Waals surface area contributed by atoms with Crippen molar-refractivity contribution in [2.45, 2.75) is 58.2 Å². The predicted molar refractivity (Wildman–Crippen MR) is 83.1 cm³/mol. The number of benzene rings is 1. The maximum Gasteiger partial charge on any atom is 0.321 e. The summed E-state index contributed by atoms with van der Waals surface area (Å²) in [6, 6.07) is 8.35. The molecule has 0 aromatic heterocycles. The molecule has 3 unspecified atom stereocenters. The van der Waals surface area contributed by atoms with Crippen LogP contribution in [-0.2, 0) is 17.8 Å². The first-order valence-corrected chi connectivity index (χ1v) is 8.10. The number of rotatable bonds is 2. The minimum Gasteiger partial charge on any atom is -0.480 e. The molecule has 114 valence electrons. The lowest BCUT2D eigenvalue weighted by Crippen LogP contribution is -2.52. The second kappa shape index (κ2) is 5.80. The van der Waals surface area contributed by atoms with Gasteiger partial charge in [0.25, 0.3) is 0 Å². The highest BCUT2D eigenvalue weighted by atomic mass is 16.4. The average Bonchev–Trinajstić information content (AvgIpc) is 2.44. The van der Waals surface area contributed by atoms with E-state index in [-0.39, 0.29) is 6.04 Å². The molecule has 3 atom stereocenters. The summed E-state index contributed by atoms with van der Waals surface area (Å²) in [5.41, 5.74) is 2.51. The molecule has 0 saturated heterocycles. The molecule has 3 rings (SSSR count). The molecule has 1 heterocycles. The lowest BCUT2D eigenvalue weighted by atomic mass is 9.78. The summed E-state index contributed by atoms with van der Waals surface area (Å²) in [5.74, 6) is 0.728. The van der Waals surface area contributed by atoms with Gasteiger partial charge >= 0.3 is 5.97 Å². The van der Waals surface area contributed by atoms with Crippen molar-refractivity contribution in [3.05, 3.63) is 35.4 Å². The normalized spacial score (nSPS) is 33.4. The van der Waals surface area contributed by atoms with Crippen molar-refractivity contribution in [1.29, 1.82) is 0 Å². The van der Waals surface area contributed by atoms with Crippen LogP contribution in [0.5, 0.6) is 0 Å². The standard InChI is InChI=1S/C18H25NO2/c1-12-7-13(2)9-16(8-12)19-11-15-6-4-3-5-14(15)10-17(19)18(20)21/h3-6,12-13,16-17H,7-11H2,1-2H3,(H,20,21). The Bertz CT molecular complexity index is 518. The minimum absolute atomic E-state index is 0.359. The fourth-order valence-electron chi connectivity index (χ4n) is 4.33. The van der Waals surface area contributed by atoms with Gasteiger partial charge in [0, 0.05) is 12.6 Å². The number of hydrogen-bond donors (Lipinski definition) is 1. The van der Waals surface area contributed by atoms with Gasteiger partial charge in [0.1, 0.15) is 6.04 Å². The fourth-order valence-corrected chi connectivity index (χ4v) is 4.33. The molecule has 0 radical (unpaired) electrons. The van der Waals surface area contributed by atoms with Gasteiger partial charge in [-0.2, -0.15) is 0 Å². The number of carboxylic acids is 1. The smallest absolute Gasteiger partial charge is 0.321 e. The van der Waals surface area contributed by atoms with Crippen LogP contribution >= 0.6 is 0 Å². The Hall–Kier alpha value is -1.35. The molecule has 0 amide bonds. The molecule has 3 heteroatoms. The highest BCUT2D eigenvalue weighted by molar-refractivity contribution is 5.74. The highest BCUT2D eigenvalue weighted by Gasteiger charge is 2.38. The third-order valence-corrected chi connectivity index (χ3v) is 5.19. The summed E-state index contributed by atoms with van der Waals surface area (Å²) < 4.78 is 0. The molecule has 1 aliphatic carbocycles. The van der Waals surface area contributed by atoms with Crippen LogP contribution in [-0.4, -0.2) is 28.1 Å². The van der Waals surface area contributed by atoms with E-state index in [0.29, 0.717) is 24.3 Å². The zero-order valence-corrected chi connectivity index (χ0v) is 13.0. The van der Waals surface area contributed by atoms with E-state index in [1.807, 2.05) is 6.07 Å². The summed E-state index contributed by atoms with van der Waals surface area (Å²) in [5, 5.41) is 9.66. The lowest BCUT2D eigenvalue weighted by Gasteiger charge is -2.44. The zero-order chi connectivity index (χ0) is 15.0. The Balaban J connectivity index is 1.87. The second-order valence-electron chi connectivity index (χ2n) is 7.07. The van der Waals surface area contributed by atoms with E-state index in [4.69, 9.17) is 0 Å². The van der Waals surface area contributed by atoms with Crippen LogP contribution in [0.4, 0.5) is 0 Å². The van der Waals surface area contributed by atoms with Crippen molar-refractivity contribution in [3.8, 4) is 0 Å². The van der Waals surface area contributed by atoms with E-state index in [1.165, 1.54) is 17.5 Å². The maximum absolute atomic E-state index is 11.7. The Labute approximate surface area is 127 Å². The molecule has 3 nitrogen and oxygen atoms in total. The SMILES string of the molecule is CC1CC(C)CC(N2Cc3ccccc3CC2C(=O)O)C1. The molecular weight excluding hydrogens is 262 g/mol. The van der Waals surface area contributed by atoms with Gasteiger partial charge in [-0.15, -0.1) is 0 Å². The molecule has 1 saturated carbocycles. The van der Waals surface area contributed by atoms with Crippen LogP contribution in [0, 0.1) is 11.8 Å². The van der Waals surface area contributed by atoms with Crippen LogP contribution < -0.4 is 0 Å². The number of carbonyl (C=O) groups is 1. The minimum atomic E-state index is -0.671. The van der Waals surface area contributed by atoms with Gasteiger partial charge in [0.15, 0.2) is 0 Å². The Morgan fingerprint density at radius 1 is 1.10 bits per heavy atom. The first-order chi connectivity index (χ1) is 10.0. The first-order valence-electron chi connectivity index (χ1n) is 8.10. The Morgan fingerprint density at radius 2 is 1.71 bits per heavy atom. The van der Waals surface area contributed by atoms with E-state index in [2.05, 4.69) is 36.9 Å². The van der Waals surface area contributed by atoms with Gasteiger partial charge in [-0.05, 0) is 48.6 Å². The molecule has 1 N–H and O–H groups in total. The third kappa shape index (κ3) is 2.98.